The number of aromatic nitrogens is 4. The van der Waals surface area contributed by atoms with Crippen LogP contribution in [0.4, 0.5) is 4.39 Å². The summed E-state index contributed by atoms with van der Waals surface area (Å²) in [6, 6.07) is 5.27. The van der Waals surface area contributed by atoms with Crippen molar-refractivity contribution in [2.75, 3.05) is 6.61 Å². The van der Waals surface area contributed by atoms with Crippen molar-refractivity contribution in [1.29, 1.82) is 0 Å². The number of rotatable bonds is 6. The Bertz CT molecular complexity index is 599. The molecule has 8 heteroatoms. The number of amides is 1. The molecule has 0 saturated heterocycles. The van der Waals surface area contributed by atoms with E-state index in [-0.39, 0.29) is 11.7 Å². The Morgan fingerprint density at radius 1 is 1.43 bits per heavy atom. The number of tetrazole rings is 1. The van der Waals surface area contributed by atoms with E-state index in [1.165, 1.54) is 16.8 Å². The summed E-state index contributed by atoms with van der Waals surface area (Å²) in [5.41, 5.74) is 3.14. The molecule has 112 valence electrons. The molecule has 21 heavy (non-hydrogen) atoms. The van der Waals surface area contributed by atoms with Gasteiger partial charge in [0, 0.05) is 6.42 Å². The Morgan fingerprint density at radius 2 is 2.14 bits per heavy atom. The Hall–Kier alpha value is -2.35. The molecule has 1 aromatic heterocycles. The number of halogens is 1. The zero-order valence-electron chi connectivity index (χ0n) is 11.8. The lowest BCUT2D eigenvalue weighted by Crippen LogP contribution is -2.35. The van der Waals surface area contributed by atoms with E-state index in [4.69, 9.17) is 4.84 Å². The van der Waals surface area contributed by atoms with Gasteiger partial charge in [-0.25, -0.2) is 14.6 Å². The van der Waals surface area contributed by atoms with Gasteiger partial charge >= 0.3 is 0 Å². The van der Waals surface area contributed by atoms with Gasteiger partial charge in [-0.15, -0.1) is 5.10 Å². The van der Waals surface area contributed by atoms with Crippen LogP contribution in [-0.4, -0.2) is 32.7 Å². The fraction of sp³-hybridized carbons (Fsp3) is 0.385. The van der Waals surface area contributed by atoms with E-state index in [1.54, 1.807) is 26.0 Å². The number of nitrogens with one attached hydrogen (secondary N) is 1. The lowest BCUT2D eigenvalue weighted by Gasteiger charge is -2.17. The lowest BCUT2D eigenvalue weighted by molar-refractivity contribution is -0.137. The monoisotopic (exact) mass is 293 g/mol. The average molecular weight is 293 g/mol. The molecular formula is C13H16FN5O2. The second-order valence-electron chi connectivity index (χ2n) is 4.42. The van der Waals surface area contributed by atoms with Crippen molar-refractivity contribution >= 4 is 5.91 Å². The van der Waals surface area contributed by atoms with E-state index in [2.05, 4.69) is 21.0 Å². The molecule has 1 atom stereocenters. The molecule has 2 rings (SSSR count). The number of aryl methyl sites for hydroxylation is 1. The molecule has 1 amide bonds. The number of hydrogen-bond donors (Lipinski definition) is 1. The summed E-state index contributed by atoms with van der Waals surface area (Å²) >= 11 is 0. The maximum Gasteiger partial charge on any atom is 0.268 e. The molecule has 0 fully saturated rings. The molecule has 1 N–H and O–H groups in total. The molecule has 0 bridgehead atoms. The molecule has 1 aromatic carbocycles. The number of carbonyl (C=O) groups excluding carboxylic acids is 1. The molecule has 0 aliphatic heterocycles. The van der Waals surface area contributed by atoms with Crippen molar-refractivity contribution in [2.24, 2.45) is 0 Å². The van der Waals surface area contributed by atoms with Crippen molar-refractivity contribution < 1.29 is 14.0 Å². The fourth-order valence-corrected chi connectivity index (χ4v) is 1.87. The van der Waals surface area contributed by atoms with E-state index in [1.807, 2.05) is 0 Å². The average Bonchev–Trinajstić information content (AvgIpc) is 2.90. The topological polar surface area (TPSA) is 81.9 Å². The van der Waals surface area contributed by atoms with Gasteiger partial charge in [-0.05, 0) is 42.0 Å². The highest BCUT2D eigenvalue weighted by Crippen LogP contribution is 2.15. The number of hydroxylamine groups is 1. The minimum Gasteiger partial charge on any atom is -0.274 e. The fourth-order valence-electron chi connectivity index (χ4n) is 1.87. The van der Waals surface area contributed by atoms with Crippen LogP contribution in [0.15, 0.2) is 24.3 Å². The second kappa shape index (κ2) is 6.89. The molecule has 0 radical (unpaired) electrons. The van der Waals surface area contributed by atoms with Gasteiger partial charge < -0.3 is 0 Å². The standard InChI is InChI=1S/C13H16FN5O2/c1-3-21-16-13(20)12(19-9(2)15-17-18-19)8-10-4-6-11(14)7-5-10/h4-7,12H,3,8H2,1-2H3,(H,16,20). The Balaban J connectivity index is 2.21. The minimum atomic E-state index is -0.669. The minimum absolute atomic E-state index is 0.324. The summed E-state index contributed by atoms with van der Waals surface area (Å²) in [4.78, 5) is 17.1. The molecule has 0 aliphatic carbocycles. The third-order valence-electron chi connectivity index (χ3n) is 2.91. The molecule has 0 spiro atoms. The number of carbonyl (C=O) groups is 1. The van der Waals surface area contributed by atoms with E-state index in [0.717, 1.165) is 5.56 Å². The first-order chi connectivity index (χ1) is 10.1. The quantitative estimate of drug-likeness (QED) is 0.803. The van der Waals surface area contributed by atoms with Crippen LogP contribution in [0.25, 0.3) is 0 Å². The summed E-state index contributed by atoms with van der Waals surface area (Å²) in [7, 11) is 0. The molecule has 0 aliphatic rings. The molecule has 0 saturated carbocycles. The Labute approximate surface area is 121 Å². The maximum absolute atomic E-state index is 12.9. The molecule has 1 unspecified atom stereocenters. The van der Waals surface area contributed by atoms with Gasteiger partial charge in [0.2, 0.25) is 0 Å². The van der Waals surface area contributed by atoms with Gasteiger partial charge in [0.05, 0.1) is 6.61 Å². The summed E-state index contributed by atoms with van der Waals surface area (Å²) < 4.78 is 14.4. The van der Waals surface area contributed by atoms with Crippen LogP contribution in [-0.2, 0) is 16.1 Å². The van der Waals surface area contributed by atoms with E-state index < -0.39 is 6.04 Å². The zero-order chi connectivity index (χ0) is 15.2. The van der Waals surface area contributed by atoms with E-state index >= 15 is 0 Å². The highest BCUT2D eigenvalue weighted by molar-refractivity contribution is 5.79. The zero-order valence-corrected chi connectivity index (χ0v) is 11.8. The smallest absolute Gasteiger partial charge is 0.268 e. The predicted octanol–water partition coefficient (Wildman–Crippen LogP) is 0.972. The first-order valence-electron chi connectivity index (χ1n) is 6.52. The van der Waals surface area contributed by atoms with Gasteiger partial charge in [-0.2, -0.15) is 0 Å². The Morgan fingerprint density at radius 3 is 2.71 bits per heavy atom. The van der Waals surface area contributed by atoms with Crippen LogP contribution in [0.5, 0.6) is 0 Å². The predicted molar refractivity (Wildman–Crippen MR) is 71.5 cm³/mol. The normalized spacial score (nSPS) is 12.1. The SMILES string of the molecule is CCONC(=O)C(Cc1ccc(F)cc1)n1nnnc1C. The summed E-state index contributed by atoms with van der Waals surface area (Å²) in [5, 5.41) is 11.1. The number of benzene rings is 1. The van der Waals surface area contributed by atoms with Crippen molar-refractivity contribution in [1.82, 2.24) is 25.7 Å². The second-order valence-corrected chi connectivity index (χ2v) is 4.42. The van der Waals surface area contributed by atoms with Crippen LogP contribution in [0.1, 0.15) is 24.4 Å². The van der Waals surface area contributed by atoms with Crippen LogP contribution >= 0.6 is 0 Å². The third-order valence-corrected chi connectivity index (χ3v) is 2.91. The maximum atomic E-state index is 12.9. The molecule has 2 aromatic rings. The van der Waals surface area contributed by atoms with Gasteiger partial charge in [-0.1, -0.05) is 12.1 Å². The van der Waals surface area contributed by atoms with Crippen LogP contribution < -0.4 is 5.48 Å². The first kappa shape index (κ1) is 15.0. The van der Waals surface area contributed by atoms with Crippen LogP contribution in [0.2, 0.25) is 0 Å². The van der Waals surface area contributed by atoms with E-state index in [0.29, 0.717) is 18.9 Å². The van der Waals surface area contributed by atoms with Crippen molar-refractivity contribution in [3.8, 4) is 0 Å². The van der Waals surface area contributed by atoms with Crippen LogP contribution in [0, 0.1) is 12.7 Å². The largest absolute Gasteiger partial charge is 0.274 e. The highest BCUT2D eigenvalue weighted by atomic mass is 19.1. The highest BCUT2D eigenvalue weighted by Gasteiger charge is 2.24. The van der Waals surface area contributed by atoms with E-state index in [9.17, 15) is 9.18 Å². The van der Waals surface area contributed by atoms with Crippen molar-refractivity contribution in [3.63, 3.8) is 0 Å². The molecule has 7 nitrogen and oxygen atoms in total. The summed E-state index contributed by atoms with van der Waals surface area (Å²) in [6.45, 7) is 3.81. The van der Waals surface area contributed by atoms with Crippen molar-refractivity contribution in [2.45, 2.75) is 26.3 Å². The molecular weight excluding hydrogens is 277 g/mol. The number of hydrogen-bond acceptors (Lipinski definition) is 5. The van der Waals surface area contributed by atoms with Crippen molar-refractivity contribution in [3.05, 3.63) is 41.5 Å². The van der Waals surface area contributed by atoms with Crippen LogP contribution in [0.3, 0.4) is 0 Å². The Kier molecular flexibility index (Phi) is 4.94. The lowest BCUT2D eigenvalue weighted by atomic mass is 10.1. The van der Waals surface area contributed by atoms with Gasteiger partial charge in [0.15, 0.2) is 0 Å². The molecule has 1 heterocycles. The van der Waals surface area contributed by atoms with Gasteiger partial charge in [-0.3, -0.25) is 9.63 Å². The number of nitrogens with zero attached hydrogens (tertiary/aromatic N) is 4. The summed E-state index contributed by atoms with van der Waals surface area (Å²) in [5.74, 6) is -0.182. The first-order valence-corrected chi connectivity index (χ1v) is 6.52. The van der Waals surface area contributed by atoms with Gasteiger partial charge in [0.1, 0.15) is 17.7 Å². The third kappa shape index (κ3) is 3.82. The van der Waals surface area contributed by atoms with Gasteiger partial charge in [0.25, 0.3) is 5.91 Å². The summed E-state index contributed by atoms with van der Waals surface area (Å²) in [6.07, 6.45) is 0.324.